The van der Waals surface area contributed by atoms with Crippen molar-refractivity contribution in [2.24, 2.45) is 0 Å². The van der Waals surface area contributed by atoms with Crippen LogP contribution in [0, 0.1) is 5.82 Å². The second-order valence-corrected chi connectivity index (χ2v) is 9.33. The van der Waals surface area contributed by atoms with Gasteiger partial charge in [0, 0.05) is 16.1 Å². The number of carbonyl (C=O) groups excluding carboxylic acids is 1. The Morgan fingerprint density at radius 1 is 1.13 bits per heavy atom. The number of anilines is 1. The van der Waals surface area contributed by atoms with Crippen LogP contribution < -0.4 is 14.8 Å². The molecule has 0 aliphatic rings. The fourth-order valence-electron chi connectivity index (χ4n) is 2.30. The molecule has 0 heterocycles. The van der Waals surface area contributed by atoms with Crippen LogP contribution in [0.25, 0.3) is 0 Å². The van der Waals surface area contributed by atoms with Crippen molar-refractivity contribution in [3.63, 3.8) is 0 Å². The predicted octanol–water partition coefficient (Wildman–Crippen LogP) is 3.94. The first-order chi connectivity index (χ1) is 14.4. The number of carboxylic acid groups (broad SMARTS) is 1. The molecule has 0 unspecified atom stereocenters. The van der Waals surface area contributed by atoms with Crippen LogP contribution >= 0.6 is 34.8 Å². The highest BCUT2D eigenvalue weighted by molar-refractivity contribution is 7.92. The van der Waals surface area contributed by atoms with Crippen molar-refractivity contribution in [3.8, 4) is 5.75 Å². The average molecular weight is 514 g/mol. The topological polar surface area (TPSA) is 122 Å². The Kier molecular flexibility index (Phi) is 8.35. The number of amides is 1. The van der Waals surface area contributed by atoms with Gasteiger partial charge in [0.1, 0.15) is 13.2 Å². The molecule has 0 saturated carbocycles. The van der Waals surface area contributed by atoms with E-state index in [4.69, 9.17) is 44.6 Å². The number of carboxylic acids is 1. The third-order valence-electron chi connectivity index (χ3n) is 3.79. The minimum Gasteiger partial charge on any atom is -0.486 e. The molecule has 2 aromatic carbocycles. The first kappa shape index (κ1) is 25.0. The van der Waals surface area contributed by atoms with Gasteiger partial charge >= 0.3 is 5.97 Å². The monoisotopic (exact) mass is 512 g/mol. The first-order valence-corrected chi connectivity index (χ1v) is 11.3. The summed E-state index contributed by atoms with van der Waals surface area (Å²) in [6.07, 6.45) is 0. The molecule has 3 N–H and O–H groups in total. The van der Waals surface area contributed by atoms with E-state index in [-0.39, 0.29) is 43.4 Å². The molecule has 168 valence electrons. The van der Waals surface area contributed by atoms with Crippen LogP contribution in [0.4, 0.5) is 10.1 Å². The summed E-state index contributed by atoms with van der Waals surface area (Å²) in [5.74, 6) is -3.16. The van der Waals surface area contributed by atoms with Gasteiger partial charge in [0.25, 0.3) is 5.91 Å². The normalized spacial score (nSPS) is 11.1. The molecule has 0 spiro atoms. The second kappa shape index (κ2) is 10.4. The summed E-state index contributed by atoms with van der Waals surface area (Å²) in [6, 6.07) is 4.78. The maximum atomic E-state index is 14.7. The van der Waals surface area contributed by atoms with Crippen LogP contribution in [0.3, 0.4) is 0 Å². The van der Waals surface area contributed by atoms with Crippen LogP contribution in [0.5, 0.6) is 5.75 Å². The van der Waals surface area contributed by atoms with E-state index in [9.17, 15) is 22.4 Å². The smallest absolute Gasteiger partial charge is 0.322 e. The predicted molar refractivity (Wildman–Crippen MR) is 115 cm³/mol. The summed E-state index contributed by atoms with van der Waals surface area (Å²) in [6.45, 7) is 0.395. The van der Waals surface area contributed by atoms with Crippen molar-refractivity contribution in [1.29, 1.82) is 0 Å². The molecule has 0 aliphatic carbocycles. The Morgan fingerprint density at radius 3 is 2.29 bits per heavy atom. The third-order valence-corrected chi connectivity index (χ3v) is 5.86. The molecule has 1 amide bonds. The Morgan fingerprint density at radius 2 is 1.74 bits per heavy atom. The van der Waals surface area contributed by atoms with E-state index in [2.05, 4.69) is 10.0 Å². The maximum absolute atomic E-state index is 14.7. The standard InChI is InChI=1S/C18H16Cl3FN2O6S/c1-2-31(28,29)24-14-6-11(19)3-10(16(14)22)8-30-17-12(20)4-9(5-13(17)21)18(27)23-7-15(25)26/h3-6,24H,2,7-8H2,1H3,(H,23,27)(H,25,26). The number of benzene rings is 2. The fourth-order valence-corrected chi connectivity index (χ4v) is 3.77. The van der Waals surface area contributed by atoms with Gasteiger partial charge in [-0.3, -0.25) is 14.3 Å². The Hall–Kier alpha value is -2.27. The molecule has 0 aliphatic heterocycles. The molecule has 2 rings (SSSR count). The highest BCUT2D eigenvalue weighted by atomic mass is 35.5. The first-order valence-electron chi connectivity index (χ1n) is 8.53. The summed E-state index contributed by atoms with van der Waals surface area (Å²) in [4.78, 5) is 22.5. The molecule has 0 aromatic heterocycles. The van der Waals surface area contributed by atoms with E-state index in [0.717, 1.165) is 6.07 Å². The molecular weight excluding hydrogens is 498 g/mol. The zero-order valence-corrected chi connectivity index (χ0v) is 18.9. The lowest BCUT2D eigenvalue weighted by molar-refractivity contribution is -0.135. The summed E-state index contributed by atoms with van der Waals surface area (Å²) in [5, 5.41) is 10.7. The minimum atomic E-state index is -3.74. The molecule has 0 bridgehead atoms. The van der Waals surface area contributed by atoms with E-state index in [0.29, 0.717) is 0 Å². The van der Waals surface area contributed by atoms with E-state index < -0.39 is 40.9 Å². The SMILES string of the molecule is CCS(=O)(=O)Nc1cc(Cl)cc(COc2c(Cl)cc(C(=O)NCC(=O)O)cc2Cl)c1F. The van der Waals surface area contributed by atoms with Gasteiger partial charge in [-0.25, -0.2) is 12.8 Å². The molecule has 8 nitrogen and oxygen atoms in total. The number of aliphatic carboxylic acids is 1. The lowest BCUT2D eigenvalue weighted by Gasteiger charge is -2.14. The van der Waals surface area contributed by atoms with Gasteiger partial charge in [0.2, 0.25) is 10.0 Å². The molecule has 31 heavy (non-hydrogen) atoms. The fraction of sp³-hybridized carbons (Fsp3) is 0.222. The molecule has 0 atom stereocenters. The number of ether oxygens (including phenoxy) is 1. The van der Waals surface area contributed by atoms with Crippen LogP contribution in [0.15, 0.2) is 24.3 Å². The molecule has 2 aromatic rings. The third kappa shape index (κ3) is 6.86. The lowest BCUT2D eigenvalue weighted by Crippen LogP contribution is -2.29. The quantitative estimate of drug-likeness (QED) is 0.467. The highest BCUT2D eigenvalue weighted by Gasteiger charge is 2.18. The second-order valence-electron chi connectivity index (χ2n) is 6.07. The van der Waals surface area contributed by atoms with Gasteiger partial charge in [0.05, 0.1) is 21.5 Å². The number of hydrogen-bond donors (Lipinski definition) is 3. The Balaban J connectivity index is 2.24. The highest BCUT2D eigenvalue weighted by Crippen LogP contribution is 2.35. The minimum absolute atomic E-state index is 0.00575. The van der Waals surface area contributed by atoms with Gasteiger partial charge in [0.15, 0.2) is 11.6 Å². The molecule has 0 fully saturated rings. The van der Waals surface area contributed by atoms with Crippen LogP contribution in [-0.2, 0) is 21.4 Å². The Bertz CT molecular complexity index is 1100. The maximum Gasteiger partial charge on any atom is 0.322 e. The number of carbonyl (C=O) groups is 2. The van der Waals surface area contributed by atoms with E-state index >= 15 is 0 Å². The zero-order chi connectivity index (χ0) is 23.3. The van der Waals surface area contributed by atoms with Crippen molar-refractivity contribution in [2.45, 2.75) is 13.5 Å². The van der Waals surface area contributed by atoms with Crippen molar-refractivity contribution in [3.05, 3.63) is 56.3 Å². The summed E-state index contributed by atoms with van der Waals surface area (Å²) < 4.78 is 45.7. The van der Waals surface area contributed by atoms with Crippen molar-refractivity contribution >= 4 is 62.4 Å². The number of nitrogens with one attached hydrogen (secondary N) is 2. The molecular formula is C18H16Cl3FN2O6S. The van der Waals surface area contributed by atoms with Crippen LogP contribution in [0.1, 0.15) is 22.8 Å². The summed E-state index contributed by atoms with van der Waals surface area (Å²) in [7, 11) is -3.74. The van der Waals surface area contributed by atoms with Gasteiger partial charge in [-0.2, -0.15) is 0 Å². The van der Waals surface area contributed by atoms with Gasteiger partial charge in [-0.15, -0.1) is 0 Å². The van der Waals surface area contributed by atoms with Gasteiger partial charge < -0.3 is 15.2 Å². The van der Waals surface area contributed by atoms with Gasteiger partial charge in [-0.05, 0) is 31.2 Å². The largest absolute Gasteiger partial charge is 0.486 e. The lowest BCUT2D eigenvalue weighted by atomic mass is 10.2. The van der Waals surface area contributed by atoms with Gasteiger partial charge in [-0.1, -0.05) is 34.8 Å². The van der Waals surface area contributed by atoms with E-state index in [1.165, 1.54) is 25.1 Å². The average Bonchev–Trinajstić information content (AvgIpc) is 2.68. The molecule has 13 heteroatoms. The van der Waals surface area contributed by atoms with Crippen molar-refractivity contribution < 1.29 is 32.2 Å². The summed E-state index contributed by atoms with van der Waals surface area (Å²) >= 11 is 18.1. The summed E-state index contributed by atoms with van der Waals surface area (Å²) in [5.41, 5.74) is -0.416. The zero-order valence-electron chi connectivity index (χ0n) is 15.8. The number of halogens is 4. The Labute approximate surface area is 192 Å². The number of sulfonamides is 1. The van der Waals surface area contributed by atoms with E-state index in [1.807, 2.05) is 0 Å². The van der Waals surface area contributed by atoms with Crippen molar-refractivity contribution in [2.75, 3.05) is 17.0 Å². The van der Waals surface area contributed by atoms with Crippen molar-refractivity contribution in [1.82, 2.24) is 5.32 Å². The van der Waals surface area contributed by atoms with E-state index in [1.54, 1.807) is 0 Å². The number of rotatable bonds is 9. The molecule has 0 radical (unpaired) electrons. The van der Waals surface area contributed by atoms with Crippen LogP contribution in [-0.4, -0.2) is 37.7 Å². The molecule has 0 saturated heterocycles. The van der Waals surface area contributed by atoms with Crippen LogP contribution in [0.2, 0.25) is 15.1 Å². The number of hydrogen-bond acceptors (Lipinski definition) is 5.